The first-order valence-electron chi connectivity index (χ1n) is 4.71. The van der Waals surface area contributed by atoms with Crippen molar-refractivity contribution >= 4 is 17.7 Å². The SMILES string of the molecule is COC(=O)CSC[C@H](O)c1ccc(F)cc1. The van der Waals surface area contributed by atoms with E-state index in [9.17, 15) is 14.3 Å². The first kappa shape index (κ1) is 13.0. The Kier molecular flexibility index (Phi) is 5.28. The number of aliphatic hydroxyl groups is 1. The van der Waals surface area contributed by atoms with E-state index < -0.39 is 6.10 Å². The number of thioether (sulfide) groups is 1. The number of hydrogen-bond acceptors (Lipinski definition) is 4. The van der Waals surface area contributed by atoms with Crippen molar-refractivity contribution in [2.24, 2.45) is 0 Å². The predicted molar refractivity (Wildman–Crippen MR) is 60.7 cm³/mol. The van der Waals surface area contributed by atoms with Crippen LogP contribution in [0.25, 0.3) is 0 Å². The van der Waals surface area contributed by atoms with Crippen molar-refractivity contribution in [2.45, 2.75) is 6.10 Å². The van der Waals surface area contributed by atoms with E-state index in [4.69, 9.17) is 0 Å². The molecule has 5 heteroatoms. The highest BCUT2D eigenvalue weighted by molar-refractivity contribution is 7.99. The summed E-state index contributed by atoms with van der Waals surface area (Å²) in [4.78, 5) is 10.8. The number of esters is 1. The van der Waals surface area contributed by atoms with E-state index in [-0.39, 0.29) is 17.5 Å². The van der Waals surface area contributed by atoms with Crippen molar-refractivity contribution < 1.29 is 19.0 Å². The standard InChI is InChI=1S/C11H13FO3S/c1-15-11(14)7-16-6-10(13)8-2-4-9(12)5-3-8/h2-5,10,13H,6-7H2,1H3/t10-/m0/s1. The summed E-state index contributed by atoms with van der Waals surface area (Å²) in [5.74, 6) is -0.0790. The normalized spacial score (nSPS) is 12.2. The lowest BCUT2D eigenvalue weighted by atomic mass is 10.1. The molecule has 1 rings (SSSR count). The number of rotatable bonds is 5. The fraction of sp³-hybridized carbons (Fsp3) is 0.364. The second-order valence-corrected chi connectivity index (χ2v) is 4.19. The average Bonchev–Trinajstić information content (AvgIpc) is 2.29. The Morgan fingerprint density at radius 1 is 1.50 bits per heavy atom. The zero-order chi connectivity index (χ0) is 12.0. The van der Waals surface area contributed by atoms with Crippen LogP contribution in [0.2, 0.25) is 0 Å². The Bertz CT molecular complexity index is 340. The van der Waals surface area contributed by atoms with Crippen LogP contribution in [0.5, 0.6) is 0 Å². The van der Waals surface area contributed by atoms with Gasteiger partial charge in [0.15, 0.2) is 0 Å². The molecule has 0 aliphatic carbocycles. The van der Waals surface area contributed by atoms with Crippen LogP contribution in [0.15, 0.2) is 24.3 Å². The van der Waals surface area contributed by atoms with Gasteiger partial charge in [-0.1, -0.05) is 12.1 Å². The summed E-state index contributed by atoms with van der Waals surface area (Å²) in [6, 6.07) is 5.64. The van der Waals surface area contributed by atoms with Gasteiger partial charge in [0.05, 0.1) is 19.0 Å². The predicted octanol–water partition coefficient (Wildman–Crippen LogP) is 1.77. The van der Waals surface area contributed by atoms with Gasteiger partial charge in [-0.2, -0.15) is 0 Å². The van der Waals surface area contributed by atoms with Crippen LogP contribution in [-0.4, -0.2) is 29.7 Å². The molecule has 1 N–H and O–H groups in total. The number of carbonyl (C=O) groups excluding carboxylic acids is 1. The van der Waals surface area contributed by atoms with Crippen molar-refractivity contribution in [1.29, 1.82) is 0 Å². The molecule has 3 nitrogen and oxygen atoms in total. The third-order valence-corrected chi connectivity index (χ3v) is 2.97. The molecule has 0 aromatic heterocycles. The molecule has 0 aliphatic heterocycles. The molecule has 88 valence electrons. The molecule has 0 saturated heterocycles. The number of ether oxygens (including phenoxy) is 1. The van der Waals surface area contributed by atoms with Gasteiger partial charge in [0.1, 0.15) is 5.82 Å². The molecule has 0 unspecified atom stereocenters. The summed E-state index contributed by atoms with van der Waals surface area (Å²) in [5.41, 5.74) is 0.638. The zero-order valence-corrected chi connectivity index (χ0v) is 9.67. The first-order valence-corrected chi connectivity index (χ1v) is 5.87. The van der Waals surface area contributed by atoms with E-state index in [0.717, 1.165) is 0 Å². The number of methoxy groups -OCH3 is 1. The average molecular weight is 244 g/mol. The molecule has 1 atom stereocenters. The number of halogens is 1. The smallest absolute Gasteiger partial charge is 0.315 e. The lowest BCUT2D eigenvalue weighted by molar-refractivity contribution is -0.137. The lowest BCUT2D eigenvalue weighted by Crippen LogP contribution is -2.07. The van der Waals surface area contributed by atoms with Crippen molar-refractivity contribution in [3.8, 4) is 0 Å². The molecule has 0 fully saturated rings. The summed E-state index contributed by atoms with van der Waals surface area (Å²) in [6.45, 7) is 0. The minimum Gasteiger partial charge on any atom is -0.468 e. The quantitative estimate of drug-likeness (QED) is 0.802. The van der Waals surface area contributed by atoms with Gasteiger partial charge in [0, 0.05) is 5.75 Å². The fourth-order valence-electron chi connectivity index (χ4n) is 1.09. The van der Waals surface area contributed by atoms with Gasteiger partial charge < -0.3 is 9.84 Å². The third kappa shape index (κ3) is 4.20. The Morgan fingerprint density at radius 3 is 2.69 bits per heavy atom. The van der Waals surface area contributed by atoms with Crippen LogP contribution in [0.1, 0.15) is 11.7 Å². The number of hydrogen-bond donors (Lipinski definition) is 1. The molecule has 0 bridgehead atoms. The van der Waals surface area contributed by atoms with Crippen molar-refractivity contribution in [3.05, 3.63) is 35.6 Å². The van der Waals surface area contributed by atoms with Crippen LogP contribution in [0, 0.1) is 5.82 Å². The Balaban J connectivity index is 2.37. The minimum atomic E-state index is -0.699. The van der Waals surface area contributed by atoms with E-state index >= 15 is 0 Å². The zero-order valence-electron chi connectivity index (χ0n) is 8.85. The summed E-state index contributed by atoms with van der Waals surface area (Å²) in [6.07, 6.45) is -0.699. The highest BCUT2D eigenvalue weighted by Crippen LogP contribution is 2.18. The van der Waals surface area contributed by atoms with Crippen LogP contribution < -0.4 is 0 Å². The maximum absolute atomic E-state index is 12.6. The molecular formula is C11H13FO3S. The minimum absolute atomic E-state index is 0.203. The highest BCUT2D eigenvalue weighted by Gasteiger charge is 2.09. The van der Waals surface area contributed by atoms with Gasteiger partial charge in [-0.3, -0.25) is 4.79 Å². The number of carbonyl (C=O) groups is 1. The lowest BCUT2D eigenvalue weighted by Gasteiger charge is -2.09. The number of aliphatic hydroxyl groups excluding tert-OH is 1. The molecule has 0 amide bonds. The van der Waals surface area contributed by atoms with Gasteiger partial charge in [-0.05, 0) is 17.7 Å². The molecule has 0 spiro atoms. The molecule has 16 heavy (non-hydrogen) atoms. The van der Waals surface area contributed by atoms with E-state index in [1.807, 2.05) is 0 Å². The summed E-state index contributed by atoms with van der Waals surface area (Å²) in [5, 5.41) is 9.70. The monoisotopic (exact) mass is 244 g/mol. The molecular weight excluding hydrogens is 231 g/mol. The van der Waals surface area contributed by atoms with Gasteiger partial charge in [-0.15, -0.1) is 11.8 Å². The van der Waals surface area contributed by atoms with E-state index in [1.165, 1.54) is 43.1 Å². The van der Waals surface area contributed by atoms with E-state index in [2.05, 4.69) is 4.74 Å². The maximum atomic E-state index is 12.6. The molecule has 0 heterocycles. The molecule has 0 radical (unpaired) electrons. The summed E-state index contributed by atoms with van der Waals surface area (Å²) < 4.78 is 17.1. The molecule has 1 aromatic carbocycles. The van der Waals surface area contributed by atoms with Crippen molar-refractivity contribution in [1.82, 2.24) is 0 Å². The van der Waals surface area contributed by atoms with Gasteiger partial charge in [-0.25, -0.2) is 4.39 Å². The maximum Gasteiger partial charge on any atom is 0.315 e. The van der Waals surface area contributed by atoms with Crippen LogP contribution in [0.4, 0.5) is 4.39 Å². The Morgan fingerprint density at radius 2 is 2.12 bits per heavy atom. The topological polar surface area (TPSA) is 46.5 Å². The van der Waals surface area contributed by atoms with Crippen molar-refractivity contribution in [3.63, 3.8) is 0 Å². The van der Waals surface area contributed by atoms with Crippen molar-refractivity contribution in [2.75, 3.05) is 18.6 Å². The molecule has 1 aromatic rings. The molecule has 0 saturated carbocycles. The fourth-order valence-corrected chi connectivity index (χ4v) is 1.91. The highest BCUT2D eigenvalue weighted by atomic mass is 32.2. The number of benzene rings is 1. The third-order valence-electron chi connectivity index (χ3n) is 1.98. The summed E-state index contributed by atoms with van der Waals surface area (Å²) in [7, 11) is 1.32. The second kappa shape index (κ2) is 6.50. The summed E-state index contributed by atoms with van der Waals surface area (Å²) >= 11 is 1.27. The largest absolute Gasteiger partial charge is 0.468 e. The first-order chi connectivity index (χ1) is 7.63. The second-order valence-electron chi connectivity index (χ2n) is 3.16. The van der Waals surface area contributed by atoms with Crippen LogP contribution in [0.3, 0.4) is 0 Å². The van der Waals surface area contributed by atoms with Gasteiger partial charge >= 0.3 is 5.97 Å². The van der Waals surface area contributed by atoms with Crippen LogP contribution in [-0.2, 0) is 9.53 Å². The Labute approximate surface area is 97.6 Å². The Hall–Kier alpha value is -1.07. The van der Waals surface area contributed by atoms with Gasteiger partial charge in [0.25, 0.3) is 0 Å². The van der Waals surface area contributed by atoms with Gasteiger partial charge in [0.2, 0.25) is 0 Å². The van der Waals surface area contributed by atoms with Crippen LogP contribution >= 0.6 is 11.8 Å². The van der Waals surface area contributed by atoms with E-state index in [0.29, 0.717) is 11.3 Å². The molecule has 0 aliphatic rings. The van der Waals surface area contributed by atoms with E-state index in [1.54, 1.807) is 0 Å².